The van der Waals surface area contributed by atoms with E-state index >= 15 is 0 Å². The number of anilines is 1. The molecule has 174 valence electrons. The van der Waals surface area contributed by atoms with Gasteiger partial charge in [-0.1, -0.05) is 74.0 Å². The van der Waals surface area contributed by atoms with E-state index in [2.05, 4.69) is 19.2 Å². The summed E-state index contributed by atoms with van der Waals surface area (Å²) in [7, 11) is -3.93. The first-order valence-electron chi connectivity index (χ1n) is 11.2. The van der Waals surface area contributed by atoms with Gasteiger partial charge in [-0.05, 0) is 61.6 Å². The van der Waals surface area contributed by atoms with Crippen LogP contribution in [0.3, 0.4) is 0 Å². The maximum atomic E-state index is 13.6. The van der Waals surface area contributed by atoms with Crippen molar-refractivity contribution in [2.45, 2.75) is 45.1 Å². The predicted molar refractivity (Wildman–Crippen MR) is 134 cm³/mol. The summed E-state index contributed by atoms with van der Waals surface area (Å²) in [6.45, 7) is 7.70. The van der Waals surface area contributed by atoms with Gasteiger partial charge in [0.2, 0.25) is 5.91 Å². The van der Waals surface area contributed by atoms with E-state index in [0.29, 0.717) is 11.6 Å². The summed E-state index contributed by atoms with van der Waals surface area (Å²) in [4.78, 5) is 13.3. The Labute approximate surface area is 197 Å². The van der Waals surface area contributed by atoms with Crippen LogP contribution in [0.5, 0.6) is 0 Å². The molecule has 0 saturated heterocycles. The number of hydrogen-bond donors (Lipinski definition) is 1. The molecule has 0 aliphatic carbocycles. The van der Waals surface area contributed by atoms with Gasteiger partial charge in [0.1, 0.15) is 6.54 Å². The van der Waals surface area contributed by atoms with Crippen molar-refractivity contribution in [3.8, 4) is 0 Å². The molecule has 0 spiro atoms. The van der Waals surface area contributed by atoms with Crippen LogP contribution >= 0.6 is 0 Å². The molecule has 1 N–H and O–H groups in total. The van der Waals surface area contributed by atoms with E-state index in [1.807, 2.05) is 50.2 Å². The number of benzene rings is 3. The summed E-state index contributed by atoms with van der Waals surface area (Å²) in [5.74, 6) is 0.0152. The van der Waals surface area contributed by atoms with E-state index in [9.17, 15) is 13.2 Å². The number of rotatable bonds is 9. The van der Waals surface area contributed by atoms with Gasteiger partial charge in [-0.25, -0.2) is 8.42 Å². The molecule has 1 amide bonds. The van der Waals surface area contributed by atoms with Crippen molar-refractivity contribution < 1.29 is 13.2 Å². The van der Waals surface area contributed by atoms with Crippen LogP contribution in [0.1, 0.15) is 43.0 Å². The molecular weight excluding hydrogens is 432 g/mol. The fourth-order valence-corrected chi connectivity index (χ4v) is 5.15. The highest BCUT2D eigenvalue weighted by molar-refractivity contribution is 7.92. The van der Waals surface area contributed by atoms with E-state index in [1.165, 1.54) is 4.31 Å². The van der Waals surface area contributed by atoms with Crippen molar-refractivity contribution >= 4 is 21.6 Å². The summed E-state index contributed by atoms with van der Waals surface area (Å²) in [5, 5.41) is 3.07. The number of nitrogens with one attached hydrogen (secondary N) is 1. The van der Waals surface area contributed by atoms with Gasteiger partial charge in [0, 0.05) is 0 Å². The van der Waals surface area contributed by atoms with Crippen LogP contribution in [-0.4, -0.2) is 20.9 Å². The number of aryl methyl sites for hydroxylation is 2. The van der Waals surface area contributed by atoms with Gasteiger partial charge in [0.25, 0.3) is 10.0 Å². The topological polar surface area (TPSA) is 66.5 Å². The first-order chi connectivity index (χ1) is 15.7. The molecule has 1 atom stereocenters. The highest BCUT2D eigenvalue weighted by Gasteiger charge is 2.28. The monoisotopic (exact) mass is 464 g/mol. The van der Waals surface area contributed by atoms with Crippen molar-refractivity contribution in [1.82, 2.24) is 5.32 Å². The summed E-state index contributed by atoms with van der Waals surface area (Å²) in [6.07, 6.45) is 0.755. The molecule has 3 aromatic carbocycles. The Balaban J connectivity index is 1.92. The zero-order valence-electron chi connectivity index (χ0n) is 19.7. The molecule has 0 radical (unpaired) electrons. The first kappa shape index (κ1) is 24.5. The Morgan fingerprint density at radius 2 is 1.55 bits per heavy atom. The number of nitrogens with zero attached hydrogens (tertiary/aromatic N) is 1. The highest BCUT2D eigenvalue weighted by Crippen LogP contribution is 2.26. The minimum atomic E-state index is -3.93. The summed E-state index contributed by atoms with van der Waals surface area (Å²) in [6, 6.07) is 23.5. The average Bonchev–Trinajstić information content (AvgIpc) is 2.77. The fraction of sp³-hybridized carbons (Fsp3) is 0.296. The number of amides is 1. The van der Waals surface area contributed by atoms with Crippen LogP contribution in [0.2, 0.25) is 0 Å². The van der Waals surface area contributed by atoms with Gasteiger partial charge in [-0.15, -0.1) is 0 Å². The van der Waals surface area contributed by atoms with Gasteiger partial charge in [-0.3, -0.25) is 9.10 Å². The van der Waals surface area contributed by atoms with Crippen LogP contribution in [0, 0.1) is 19.8 Å². The van der Waals surface area contributed by atoms with E-state index in [4.69, 9.17) is 0 Å². The van der Waals surface area contributed by atoms with Crippen LogP contribution in [0.4, 0.5) is 5.69 Å². The molecule has 0 heterocycles. The van der Waals surface area contributed by atoms with Gasteiger partial charge in [-0.2, -0.15) is 0 Å². The lowest BCUT2D eigenvalue weighted by Crippen LogP contribution is -2.42. The van der Waals surface area contributed by atoms with Gasteiger partial charge >= 0.3 is 0 Å². The second kappa shape index (κ2) is 10.7. The third-order valence-electron chi connectivity index (χ3n) is 5.43. The standard InChI is InChI=1S/C27H32N2O3S/c1-20(2)17-26(23-10-6-5-7-11-23)28-27(30)19-29(24-12-8-9-22(4)18-24)33(31,32)25-15-13-21(3)14-16-25/h5-16,18,20,26H,17,19H2,1-4H3,(H,28,30)/t26-/m0/s1. The Kier molecular flexibility index (Phi) is 7.92. The molecule has 5 nitrogen and oxygen atoms in total. The van der Waals surface area contributed by atoms with Crippen molar-refractivity contribution in [2.24, 2.45) is 5.92 Å². The third kappa shape index (κ3) is 6.45. The van der Waals surface area contributed by atoms with Crippen LogP contribution in [0.15, 0.2) is 83.8 Å². The van der Waals surface area contributed by atoms with E-state index in [1.54, 1.807) is 42.5 Å². The van der Waals surface area contributed by atoms with Crippen molar-refractivity contribution in [1.29, 1.82) is 0 Å². The minimum absolute atomic E-state index is 0.157. The summed E-state index contributed by atoms with van der Waals surface area (Å²) >= 11 is 0. The number of carbonyl (C=O) groups excluding carboxylic acids is 1. The van der Waals surface area contributed by atoms with Crippen LogP contribution in [-0.2, 0) is 14.8 Å². The molecule has 0 aliphatic rings. The quantitative estimate of drug-likeness (QED) is 0.461. The Morgan fingerprint density at radius 3 is 2.15 bits per heavy atom. The molecule has 0 saturated carbocycles. The molecule has 0 aliphatic heterocycles. The molecule has 3 rings (SSSR count). The normalized spacial score (nSPS) is 12.4. The molecular formula is C27H32N2O3S. The van der Waals surface area contributed by atoms with Crippen molar-refractivity contribution in [2.75, 3.05) is 10.8 Å². The molecule has 0 bridgehead atoms. The summed E-state index contributed by atoms with van der Waals surface area (Å²) in [5.41, 5.74) is 3.35. The summed E-state index contributed by atoms with van der Waals surface area (Å²) < 4.78 is 28.3. The zero-order valence-corrected chi connectivity index (χ0v) is 20.5. The van der Waals surface area contributed by atoms with E-state index < -0.39 is 10.0 Å². The number of sulfonamides is 1. The molecule has 33 heavy (non-hydrogen) atoms. The second-order valence-electron chi connectivity index (χ2n) is 8.82. The fourth-order valence-electron chi connectivity index (χ4n) is 3.74. The van der Waals surface area contributed by atoms with Gasteiger partial charge in [0.15, 0.2) is 0 Å². The predicted octanol–water partition coefficient (Wildman–Crippen LogP) is 5.40. The van der Waals surface area contributed by atoms with Crippen LogP contribution in [0.25, 0.3) is 0 Å². The smallest absolute Gasteiger partial charge is 0.264 e. The first-order valence-corrected chi connectivity index (χ1v) is 12.6. The molecule has 3 aromatic rings. The maximum absolute atomic E-state index is 13.6. The van der Waals surface area contributed by atoms with E-state index in [0.717, 1.165) is 23.1 Å². The number of carbonyl (C=O) groups is 1. The minimum Gasteiger partial charge on any atom is -0.348 e. The Bertz CT molecular complexity index is 1170. The molecule has 0 fully saturated rings. The zero-order chi connectivity index (χ0) is 24.0. The average molecular weight is 465 g/mol. The van der Waals surface area contributed by atoms with Gasteiger partial charge < -0.3 is 5.32 Å². The Hall–Kier alpha value is -3.12. The van der Waals surface area contributed by atoms with Gasteiger partial charge in [0.05, 0.1) is 16.6 Å². The highest BCUT2D eigenvalue weighted by atomic mass is 32.2. The third-order valence-corrected chi connectivity index (χ3v) is 7.22. The van der Waals surface area contributed by atoms with Crippen molar-refractivity contribution in [3.05, 3.63) is 95.6 Å². The molecule has 0 aromatic heterocycles. The van der Waals surface area contributed by atoms with E-state index in [-0.39, 0.29) is 23.4 Å². The lowest BCUT2D eigenvalue weighted by molar-refractivity contribution is -0.120. The largest absolute Gasteiger partial charge is 0.348 e. The van der Waals surface area contributed by atoms with Crippen LogP contribution < -0.4 is 9.62 Å². The Morgan fingerprint density at radius 1 is 0.879 bits per heavy atom. The second-order valence-corrected chi connectivity index (χ2v) is 10.7. The lowest BCUT2D eigenvalue weighted by Gasteiger charge is -2.27. The molecule has 0 unspecified atom stereocenters. The lowest BCUT2D eigenvalue weighted by atomic mass is 9.97. The SMILES string of the molecule is Cc1ccc(S(=O)(=O)N(CC(=O)N[C@@H](CC(C)C)c2ccccc2)c2cccc(C)c2)cc1. The molecule has 6 heteroatoms. The number of hydrogen-bond acceptors (Lipinski definition) is 3. The van der Waals surface area contributed by atoms with Crippen molar-refractivity contribution in [3.63, 3.8) is 0 Å². The maximum Gasteiger partial charge on any atom is 0.264 e.